The summed E-state index contributed by atoms with van der Waals surface area (Å²) in [6, 6.07) is 0. The minimum atomic E-state index is 1.02. The van der Waals surface area contributed by atoms with Crippen LogP contribution in [-0.2, 0) is 0 Å². The fraction of sp³-hybridized carbons (Fsp3) is 0.500. The zero-order valence-electron chi connectivity index (χ0n) is 6.44. The van der Waals surface area contributed by atoms with Crippen LogP contribution in [0, 0.1) is 0 Å². The molecule has 0 unspecified atom stereocenters. The van der Waals surface area contributed by atoms with Gasteiger partial charge in [0.2, 0.25) is 0 Å². The van der Waals surface area contributed by atoms with Crippen LogP contribution in [0.2, 0.25) is 0 Å². The fourth-order valence-electron chi connectivity index (χ4n) is 0.714. The van der Waals surface area contributed by atoms with Crippen molar-refractivity contribution >= 4 is 0 Å². The average Bonchev–Trinajstić information content (AvgIpc) is 1.90. The largest absolute Gasteiger partial charge is 0.404 e. The lowest BCUT2D eigenvalue weighted by molar-refractivity contribution is 1.09. The van der Waals surface area contributed by atoms with E-state index in [1.54, 1.807) is 6.20 Å². The molecule has 0 aromatic rings. The molecule has 0 spiro atoms. The van der Waals surface area contributed by atoms with E-state index in [2.05, 4.69) is 19.9 Å². The maximum absolute atomic E-state index is 5.36. The molecule has 0 aromatic carbocycles. The second kappa shape index (κ2) is 4.19. The third-order valence-corrected chi connectivity index (χ3v) is 1.52. The molecular weight excluding hydrogens is 110 g/mol. The number of allylic oxidation sites excluding steroid dienone is 3. The molecule has 0 aliphatic carbocycles. The van der Waals surface area contributed by atoms with Gasteiger partial charge in [0.25, 0.3) is 0 Å². The highest BCUT2D eigenvalue weighted by molar-refractivity contribution is 5.26. The van der Waals surface area contributed by atoms with E-state index in [4.69, 9.17) is 5.73 Å². The van der Waals surface area contributed by atoms with Gasteiger partial charge in [-0.15, -0.1) is 0 Å². The first-order valence-electron chi connectivity index (χ1n) is 3.30. The molecule has 0 rings (SSSR count). The molecule has 9 heavy (non-hydrogen) atoms. The fourth-order valence-corrected chi connectivity index (χ4v) is 0.714. The van der Waals surface area contributed by atoms with E-state index in [-0.39, 0.29) is 0 Å². The summed E-state index contributed by atoms with van der Waals surface area (Å²) < 4.78 is 0. The third-order valence-electron chi connectivity index (χ3n) is 1.52. The Balaban J connectivity index is 4.14. The van der Waals surface area contributed by atoms with Gasteiger partial charge in [-0.25, -0.2) is 0 Å². The zero-order chi connectivity index (χ0) is 7.28. The van der Waals surface area contributed by atoms with Crippen molar-refractivity contribution in [1.29, 1.82) is 0 Å². The summed E-state index contributed by atoms with van der Waals surface area (Å²) in [5.74, 6) is 0. The van der Waals surface area contributed by atoms with Crippen LogP contribution in [0.1, 0.15) is 27.2 Å². The highest BCUT2D eigenvalue weighted by Crippen LogP contribution is 2.10. The summed E-state index contributed by atoms with van der Waals surface area (Å²) in [5.41, 5.74) is 7.87. The van der Waals surface area contributed by atoms with Gasteiger partial charge in [0.15, 0.2) is 0 Å². The molecule has 0 atom stereocenters. The molecule has 1 nitrogen and oxygen atoms in total. The number of hydrogen-bond donors (Lipinski definition) is 1. The summed E-state index contributed by atoms with van der Waals surface area (Å²) >= 11 is 0. The topological polar surface area (TPSA) is 26.0 Å². The molecular formula is C8H15N. The van der Waals surface area contributed by atoms with Crippen LogP contribution < -0.4 is 5.73 Å². The molecule has 0 aliphatic heterocycles. The Morgan fingerprint density at radius 1 is 1.56 bits per heavy atom. The van der Waals surface area contributed by atoms with Crippen LogP contribution in [0.25, 0.3) is 0 Å². The predicted molar refractivity (Wildman–Crippen MR) is 42.0 cm³/mol. The first-order valence-corrected chi connectivity index (χ1v) is 3.30. The van der Waals surface area contributed by atoms with Gasteiger partial charge in [0.1, 0.15) is 0 Å². The lowest BCUT2D eigenvalue weighted by Crippen LogP contribution is -1.88. The Hall–Kier alpha value is -0.720. The highest BCUT2D eigenvalue weighted by Gasteiger charge is 1.91. The second-order valence-electron chi connectivity index (χ2n) is 2.02. The maximum atomic E-state index is 5.36. The Morgan fingerprint density at radius 2 is 2.11 bits per heavy atom. The van der Waals surface area contributed by atoms with E-state index in [1.807, 2.05) is 6.92 Å². The van der Waals surface area contributed by atoms with Crippen molar-refractivity contribution in [3.63, 3.8) is 0 Å². The molecule has 0 aliphatic rings. The minimum Gasteiger partial charge on any atom is -0.404 e. The molecule has 0 aromatic heterocycles. The summed E-state index contributed by atoms with van der Waals surface area (Å²) in [6.07, 6.45) is 4.77. The highest BCUT2D eigenvalue weighted by atomic mass is 14.5. The summed E-state index contributed by atoms with van der Waals surface area (Å²) in [6.45, 7) is 6.20. The van der Waals surface area contributed by atoms with Gasteiger partial charge in [0, 0.05) is 0 Å². The number of rotatable bonds is 2. The van der Waals surface area contributed by atoms with E-state index < -0.39 is 0 Å². The summed E-state index contributed by atoms with van der Waals surface area (Å²) in [4.78, 5) is 0. The molecule has 0 bridgehead atoms. The molecule has 0 fully saturated rings. The molecule has 0 radical (unpaired) electrons. The van der Waals surface area contributed by atoms with Crippen molar-refractivity contribution in [3.8, 4) is 0 Å². The van der Waals surface area contributed by atoms with Crippen LogP contribution in [0.5, 0.6) is 0 Å². The lowest BCUT2D eigenvalue weighted by Gasteiger charge is -2.00. The average molecular weight is 125 g/mol. The van der Waals surface area contributed by atoms with E-state index in [9.17, 15) is 0 Å². The van der Waals surface area contributed by atoms with E-state index in [0.717, 1.165) is 6.42 Å². The van der Waals surface area contributed by atoms with Crippen LogP contribution in [0.15, 0.2) is 23.4 Å². The molecule has 0 saturated heterocycles. The van der Waals surface area contributed by atoms with Crippen LogP contribution in [0.4, 0.5) is 0 Å². The first-order chi connectivity index (χ1) is 4.26. The van der Waals surface area contributed by atoms with Crippen molar-refractivity contribution in [3.05, 3.63) is 23.4 Å². The van der Waals surface area contributed by atoms with E-state index in [0.29, 0.717) is 0 Å². The first kappa shape index (κ1) is 8.28. The Morgan fingerprint density at radius 3 is 2.22 bits per heavy atom. The molecule has 0 amide bonds. The van der Waals surface area contributed by atoms with Crippen molar-refractivity contribution in [2.75, 3.05) is 0 Å². The molecule has 2 N–H and O–H groups in total. The van der Waals surface area contributed by atoms with Gasteiger partial charge in [-0.05, 0) is 32.0 Å². The molecule has 0 saturated carbocycles. The smallest absolute Gasteiger partial charge is 0.00273 e. The molecule has 52 valence electrons. The van der Waals surface area contributed by atoms with Crippen molar-refractivity contribution < 1.29 is 0 Å². The quantitative estimate of drug-likeness (QED) is 0.562. The van der Waals surface area contributed by atoms with E-state index in [1.165, 1.54) is 11.1 Å². The van der Waals surface area contributed by atoms with Gasteiger partial charge in [-0.2, -0.15) is 0 Å². The summed E-state index contributed by atoms with van der Waals surface area (Å²) in [5, 5.41) is 0. The standard InChI is InChI=1S/C8H15N/c1-4-7(3)8(5-2)6-9/h4,6H,5,9H2,1-3H3/b7-4+,8-6-. The minimum absolute atomic E-state index is 1.02. The molecule has 0 heterocycles. The van der Waals surface area contributed by atoms with Crippen molar-refractivity contribution in [1.82, 2.24) is 0 Å². The maximum Gasteiger partial charge on any atom is -0.00273 e. The number of hydrogen-bond acceptors (Lipinski definition) is 1. The Labute approximate surface area is 57.3 Å². The number of nitrogens with two attached hydrogens (primary N) is 1. The predicted octanol–water partition coefficient (Wildman–Crippen LogP) is 2.21. The van der Waals surface area contributed by atoms with E-state index >= 15 is 0 Å². The van der Waals surface area contributed by atoms with Gasteiger partial charge < -0.3 is 5.73 Å². The van der Waals surface area contributed by atoms with Gasteiger partial charge in [-0.1, -0.05) is 18.6 Å². The van der Waals surface area contributed by atoms with Gasteiger partial charge >= 0.3 is 0 Å². The zero-order valence-corrected chi connectivity index (χ0v) is 6.44. The van der Waals surface area contributed by atoms with Gasteiger partial charge in [-0.3, -0.25) is 0 Å². The Bertz CT molecular complexity index is 132. The SMILES string of the molecule is C/C=C(C)/C(=C\N)CC. The third kappa shape index (κ3) is 2.36. The Kier molecular flexibility index (Phi) is 3.85. The lowest BCUT2D eigenvalue weighted by atomic mass is 10.1. The summed E-state index contributed by atoms with van der Waals surface area (Å²) in [7, 11) is 0. The van der Waals surface area contributed by atoms with Crippen LogP contribution >= 0.6 is 0 Å². The van der Waals surface area contributed by atoms with Crippen molar-refractivity contribution in [2.45, 2.75) is 27.2 Å². The normalized spacial score (nSPS) is 14.1. The van der Waals surface area contributed by atoms with Crippen molar-refractivity contribution in [2.24, 2.45) is 5.73 Å². The monoisotopic (exact) mass is 125 g/mol. The second-order valence-corrected chi connectivity index (χ2v) is 2.02. The van der Waals surface area contributed by atoms with Gasteiger partial charge in [0.05, 0.1) is 0 Å². The van der Waals surface area contributed by atoms with Crippen LogP contribution in [0.3, 0.4) is 0 Å². The molecule has 1 heteroatoms. The van der Waals surface area contributed by atoms with Crippen LogP contribution in [-0.4, -0.2) is 0 Å².